The highest BCUT2D eigenvalue weighted by atomic mass is 16.3. The number of aliphatic imine (C=N–C) groups is 2. The molecule has 2 aliphatic carbocycles. The van der Waals surface area contributed by atoms with E-state index >= 15 is 0 Å². The first-order chi connectivity index (χ1) is 12.1. The van der Waals surface area contributed by atoms with Gasteiger partial charge in [-0.2, -0.15) is 0 Å². The molecule has 2 N–H and O–H groups in total. The fourth-order valence-corrected chi connectivity index (χ4v) is 3.69. The largest absolute Gasteiger partial charge is 0.393 e. The molecule has 0 radical (unpaired) electrons. The molecule has 3 atom stereocenters. The highest BCUT2D eigenvalue weighted by molar-refractivity contribution is 6.20. The molecule has 2 heterocycles. The molecule has 0 saturated carbocycles. The van der Waals surface area contributed by atoms with E-state index in [0.717, 1.165) is 29.0 Å². The van der Waals surface area contributed by atoms with Crippen LogP contribution in [0, 0.1) is 0 Å². The molecule has 2 aliphatic heterocycles. The Hall–Kier alpha value is -2.53. The maximum absolute atomic E-state index is 12.2. The summed E-state index contributed by atoms with van der Waals surface area (Å²) in [5, 5.41) is 12.4. The lowest BCUT2D eigenvalue weighted by molar-refractivity contribution is -0.121. The van der Waals surface area contributed by atoms with E-state index in [0.29, 0.717) is 12.8 Å². The summed E-state index contributed by atoms with van der Waals surface area (Å²) in [7, 11) is 0. The van der Waals surface area contributed by atoms with Gasteiger partial charge in [-0.15, -0.1) is 0 Å². The van der Waals surface area contributed by atoms with Crippen LogP contribution in [0.2, 0.25) is 0 Å². The zero-order chi connectivity index (χ0) is 17.4. The van der Waals surface area contributed by atoms with Gasteiger partial charge in [0.25, 0.3) is 0 Å². The van der Waals surface area contributed by atoms with E-state index in [1.807, 2.05) is 30.5 Å². The number of hydrogen-bond acceptors (Lipinski definition) is 4. The molecule has 128 valence electrons. The first kappa shape index (κ1) is 16.0. The van der Waals surface area contributed by atoms with Crippen LogP contribution in [0.3, 0.4) is 0 Å². The fourth-order valence-electron chi connectivity index (χ4n) is 3.69. The lowest BCUT2D eigenvalue weighted by Gasteiger charge is -2.29. The van der Waals surface area contributed by atoms with Crippen LogP contribution in [0.5, 0.6) is 0 Å². The van der Waals surface area contributed by atoms with Crippen molar-refractivity contribution in [1.82, 2.24) is 5.32 Å². The van der Waals surface area contributed by atoms with Crippen LogP contribution in [0.25, 0.3) is 0 Å². The second kappa shape index (κ2) is 6.08. The van der Waals surface area contributed by atoms with Gasteiger partial charge in [-0.1, -0.05) is 24.3 Å². The number of nitrogens with zero attached hydrogens (tertiary/aromatic N) is 2. The van der Waals surface area contributed by atoms with Crippen LogP contribution in [0.4, 0.5) is 0 Å². The first-order valence-corrected chi connectivity index (χ1v) is 8.70. The summed E-state index contributed by atoms with van der Waals surface area (Å²) in [6, 6.07) is -0.136. The van der Waals surface area contributed by atoms with Crippen LogP contribution in [0.1, 0.15) is 26.2 Å². The quantitative estimate of drug-likeness (QED) is 0.826. The lowest BCUT2D eigenvalue weighted by Crippen LogP contribution is -2.42. The first-order valence-electron chi connectivity index (χ1n) is 8.70. The predicted molar refractivity (Wildman–Crippen MR) is 98.6 cm³/mol. The van der Waals surface area contributed by atoms with E-state index in [1.165, 1.54) is 0 Å². The molecular weight excluding hydrogens is 314 g/mol. The summed E-state index contributed by atoms with van der Waals surface area (Å²) in [6.45, 7) is 1.69. The number of carbonyl (C=O) groups is 1. The molecule has 0 aromatic heterocycles. The van der Waals surface area contributed by atoms with Crippen molar-refractivity contribution < 1.29 is 9.90 Å². The number of amides is 1. The third-order valence-corrected chi connectivity index (χ3v) is 4.93. The van der Waals surface area contributed by atoms with Gasteiger partial charge in [-0.3, -0.25) is 14.8 Å². The van der Waals surface area contributed by atoms with E-state index in [9.17, 15) is 9.90 Å². The normalized spacial score (nSPS) is 29.6. The number of aliphatic hydroxyl groups excluding tert-OH is 1. The Bertz CT molecular complexity index is 824. The molecule has 5 nitrogen and oxygen atoms in total. The summed E-state index contributed by atoms with van der Waals surface area (Å²) in [5.74, 6) is -0.0517. The van der Waals surface area contributed by atoms with Crippen molar-refractivity contribution in [3.8, 4) is 0 Å². The Morgan fingerprint density at radius 3 is 3.12 bits per heavy atom. The van der Waals surface area contributed by atoms with Crippen molar-refractivity contribution in [3.05, 3.63) is 59.9 Å². The number of rotatable bonds is 4. The molecule has 0 aromatic carbocycles. The van der Waals surface area contributed by atoms with Gasteiger partial charge in [0.1, 0.15) is 5.54 Å². The molecule has 0 fully saturated rings. The van der Waals surface area contributed by atoms with Gasteiger partial charge < -0.3 is 10.4 Å². The summed E-state index contributed by atoms with van der Waals surface area (Å²) < 4.78 is 0. The fraction of sp³-hybridized carbons (Fsp3) is 0.350. The summed E-state index contributed by atoms with van der Waals surface area (Å²) in [5.41, 5.74) is 3.48. The Morgan fingerprint density at radius 2 is 2.28 bits per heavy atom. The van der Waals surface area contributed by atoms with Crippen LogP contribution in [-0.4, -0.2) is 40.1 Å². The van der Waals surface area contributed by atoms with Crippen LogP contribution < -0.4 is 5.32 Å². The molecule has 4 aliphatic rings. The SMILES string of the molecule is CC(O)CCC(=O)NC1CC=CC2=C3C=CN=C4C=CC=CC43N=C21. The summed E-state index contributed by atoms with van der Waals surface area (Å²) in [6.07, 6.45) is 17.1. The Kier molecular flexibility index (Phi) is 3.88. The van der Waals surface area contributed by atoms with E-state index < -0.39 is 11.6 Å². The highest BCUT2D eigenvalue weighted by Gasteiger charge is 2.45. The third kappa shape index (κ3) is 2.65. The van der Waals surface area contributed by atoms with E-state index in [1.54, 1.807) is 6.92 Å². The molecular formula is C20H21N3O2. The molecule has 1 spiro atoms. The van der Waals surface area contributed by atoms with Crippen molar-refractivity contribution >= 4 is 17.3 Å². The van der Waals surface area contributed by atoms with Crippen molar-refractivity contribution in [1.29, 1.82) is 0 Å². The second-order valence-corrected chi connectivity index (χ2v) is 6.78. The summed E-state index contributed by atoms with van der Waals surface area (Å²) in [4.78, 5) is 21.7. The molecule has 4 rings (SSSR count). The maximum atomic E-state index is 12.2. The van der Waals surface area contributed by atoms with Crippen molar-refractivity contribution in [2.24, 2.45) is 9.98 Å². The Balaban J connectivity index is 1.64. The monoisotopic (exact) mass is 335 g/mol. The van der Waals surface area contributed by atoms with E-state index in [4.69, 9.17) is 4.99 Å². The van der Waals surface area contributed by atoms with Crippen LogP contribution in [-0.2, 0) is 4.79 Å². The van der Waals surface area contributed by atoms with Gasteiger partial charge >= 0.3 is 0 Å². The molecule has 5 heteroatoms. The van der Waals surface area contributed by atoms with Crippen LogP contribution in [0.15, 0.2) is 69.9 Å². The minimum absolute atomic E-state index is 0.0517. The molecule has 0 bridgehead atoms. The molecule has 0 aromatic rings. The smallest absolute Gasteiger partial charge is 0.220 e. The molecule has 25 heavy (non-hydrogen) atoms. The van der Waals surface area contributed by atoms with Crippen molar-refractivity contribution in [2.75, 3.05) is 0 Å². The van der Waals surface area contributed by atoms with Gasteiger partial charge in [-0.05, 0) is 38.0 Å². The standard InChI is InChI=1S/C20H21N3O2/c1-13(24)8-9-18(25)22-16-6-4-5-14-15-10-12-21-17-7-2-3-11-20(15,17)23-19(14)16/h2-5,7,10-13,16,24H,6,8-9H2,1H3,(H,22,25). The predicted octanol–water partition coefficient (Wildman–Crippen LogP) is 2.18. The number of carbonyl (C=O) groups excluding carboxylic acids is 1. The number of fused-ring (bicyclic) bond motifs is 1. The number of allylic oxidation sites excluding steroid dienone is 3. The van der Waals surface area contributed by atoms with Crippen molar-refractivity contribution in [3.63, 3.8) is 0 Å². The molecule has 1 amide bonds. The minimum atomic E-state index is -0.550. The summed E-state index contributed by atoms with van der Waals surface area (Å²) >= 11 is 0. The topological polar surface area (TPSA) is 74.0 Å². The van der Waals surface area contributed by atoms with Crippen LogP contribution >= 0.6 is 0 Å². The maximum Gasteiger partial charge on any atom is 0.220 e. The van der Waals surface area contributed by atoms with Gasteiger partial charge in [0.2, 0.25) is 5.91 Å². The average Bonchev–Trinajstić information content (AvgIpc) is 2.94. The molecule has 0 saturated heterocycles. The van der Waals surface area contributed by atoms with Gasteiger partial charge in [0, 0.05) is 23.8 Å². The second-order valence-electron chi connectivity index (χ2n) is 6.78. The average molecular weight is 335 g/mol. The molecule has 3 unspecified atom stereocenters. The van der Waals surface area contributed by atoms with Gasteiger partial charge in [0.15, 0.2) is 0 Å². The lowest BCUT2D eigenvalue weighted by atomic mass is 9.79. The minimum Gasteiger partial charge on any atom is -0.393 e. The van der Waals surface area contributed by atoms with Gasteiger partial charge in [-0.25, -0.2) is 0 Å². The zero-order valence-corrected chi connectivity index (χ0v) is 14.1. The third-order valence-electron chi connectivity index (χ3n) is 4.93. The van der Waals surface area contributed by atoms with Gasteiger partial charge in [0.05, 0.1) is 23.6 Å². The number of nitrogens with one attached hydrogen (secondary N) is 1. The highest BCUT2D eigenvalue weighted by Crippen LogP contribution is 2.42. The van der Waals surface area contributed by atoms with Crippen molar-refractivity contribution in [2.45, 2.75) is 43.9 Å². The number of hydrogen-bond donors (Lipinski definition) is 2. The van der Waals surface area contributed by atoms with E-state index in [-0.39, 0.29) is 11.9 Å². The van der Waals surface area contributed by atoms with E-state index in [2.05, 4.69) is 28.5 Å². The zero-order valence-electron chi connectivity index (χ0n) is 14.1. The Morgan fingerprint density at radius 1 is 1.40 bits per heavy atom. The number of aliphatic hydroxyl groups is 1. The Labute approximate surface area is 146 Å².